The monoisotopic (exact) mass is 402 g/mol. The van der Waals surface area contributed by atoms with E-state index < -0.39 is 0 Å². The van der Waals surface area contributed by atoms with Crippen LogP contribution in [0.5, 0.6) is 0 Å². The van der Waals surface area contributed by atoms with Crippen molar-refractivity contribution < 1.29 is 10.2 Å². The molecule has 9 heteroatoms. The second-order valence-electron chi connectivity index (χ2n) is 5.77. The van der Waals surface area contributed by atoms with Gasteiger partial charge in [-0.1, -0.05) is 11.6 Å². The largest absolute Gasteiger partial charge is 0.395 e. The Morgan fingerprint density at radius 2 is 1.75 bits per heavy atom. The minimum Gasteiger partial charge on any atom is -0.395 e. The molecule has 0 aromatic carbocycles. The highest BCUT2D eigenvalue weighted by atomic mass is 35.5. The predicted octanol–water partition coefficient (Wildman–Crippen LogP) is 2.97. The quantitative estimate of drug-likeness (QED) is 0.433. The molecule has 2 rings (SSSR count). The number of aliphatic hydroxyl groups is 2. The molecule has 0 aliphatic carbocycles. The number of aliphatic hydroxyl groups excluding tert-OH is 2. The van der Waals surface area contributed by atoms with Crippen molar-refractivity contribution in [1.29, 1.82) is 5.26 Å². The van der Waals surface area contributed by atoms with Gasteiger partial charge in [-0.3, -0.25) is 0 Å². The van der Waals surface area contributed by atoms with Gasteiger partial charge in [-0.2, -0.15) is 5.26 Å². The number of halogens is 1. The van der Waals surface area contributed by atoms with Crippen LogP contribution in [0.15, 0.2) is 12.1 Å². The highest BCUT2D eigenvalue weighted by Crippen LogP contribution is 2.29. The van der Waals surface area contributed by atoms with E-state index in [9.17, 15) is 0 Å². The van der Waals surface area contributed by atoms with Gasteiger partial charge >= 0.3 is 0 Å². The normalized spacial score (nSPS) is 9.57. The number of hydrogen-bond donors (Lipinski definition) is 4. The number of nitrogens with zero attached hydrogens (tertiary/aromatic N) is 4. The standard InChI is InChI=1S/C10H13N3O.C9H10ClN3O/c1-7-5-10(12-3-4-14)13-8(2)9(7)6-11;1-6-5-7(10)13-9(8(6)11-2)12-3-4-14/h5,14H,3-4H2,1-2H3,(H,12,13);5,14H,3-4H2,1H3,(H,12,13). The van der Waals surface area contributed by atoms with E-state index in [2.05, 4.69) is 31.5 Å². The summed E-state index contributed by atoms with van der Waals surface area (Å²) < 4.78 is 0. The molecule has 2 aromatic rings. The van der Waals surface area contributed by atoms with Crippen molar-refractivity contribution in [2.45, 2.75) is 20.8 Å². The summed E-state index contributed by atoms with van der Waals surface area (Å²) in [6.45, 7) is 13.3. The average Bonchev–Trinajstić information content (AvgIpc) is 2.64. The molecule has 2 aromatic heterocycles. The molecule has 8 nitrogen and oxygen atoms in total. The number of hydrogen-bond acceptors (Lipinski definition) is 7. The third kappa shape index (κ3) is 6.67. The van der Waals surface area contributed by atoms with E-state index in [1.807, 2.05) is 6.92 Å². The Kier molecular flexibility index (Phi) is 9.69. The lowest BCUT2D eigenvalue weighted by molar-refractivity contribution is 0.310. The molecule has 0 saturated heterocycles. The van der Waals surface area contributed by atoms with Gasteiger partial charge in [-0.25, -0.2) is 14.8 Å². The van der Waals surface area contributed by atoms with Gasteiger partial charge in [-0.05, 0) is 44.0 Å². The first kappa shape index (κ1) is 23.1. The summed E-state index contributed by atoms with van der Waals surface area (Å²) in [4.78, 5) is 11.5. The summed E-state index contributed by atoms with van der Waals surface area (Å²) in [6.07, 6.45) is 0. The second kappa shape index (κ2) is 11.7. The van der Waals surface area contributed by atoms with E-state index in [0.29, 0.717) is 46.8 Å². The third-order valence-electron chi connectivity index (χ3n) is 3.60. The van der Waals surface area contributed by atoms with Gasteiger partial charge in [0.25, 0.3) is 0 Å². The lowest BCUT2D eigenvalue weighted by Crippen LogP contribution is -2.08. The van der Waals surface area contributed by atoms with E-state index in [0.717, 1.165) is 11.1 Å². The molecule has 28 heavy (non-hydrogen) atoms. The summed E-state index contributed by atoms with van der Waals surface area (Å²) in [6, 6.07) is 5.55. The van der Waals surface area contributed by atoms with Crippen molar-refractivity contribution in [2.24, 2.45) is 0 Å². The summed E-state index contributed by atoms with van der Waals surface area (Å²) in [5, 5.41) is 32.2. The molecular formula is C19H23ClN6O2. The van der Waals surface area contributed by atoms with Crippen molar-refractivity contribution in [2.75, 3.05) is 36.9 Å². The zero-order chi connectivity index (χ0) is 21.1. The molecule has 2 heterocycles. The molecular weight excluding hydrogens is 380 g/mol. The third-order valence-corrected chi connectivity index (χ3v) is 3.79. The molecule has 0 saturated carbocycles. The highest BCUT2D eigenvalue weighted by Gasteiger charge is 2.08. The van der Waals surface area contributed by atoms with Crippen LogP contribution >= 0.6 is 11.6 Å². The fourth-order valence-electron chi connectivity index (χ4n) is 2.34. The summed E-state index contributed by atoms with van der Waals surface area (Å²) in [5.74, 6) is 1.13. The first-order valence-corrected chi connectivity index (χ1v) is 8.88. The minimum absolute atomic E-state index is 0.00925. The smallest absolute Gasteiger partial charge is 0.231 e. The second-order valence-corrected chi connectivity index (χ2v) is 6.16. The Morgan fingerprint density at radius 1 is 1.11 bits per heavy atom. The zero-order valence-corrected chi connectivity index (χ0v) is 16.8. The lowest BCUT2D eigenvalue weighted by Gasteiger charge is -2.08. The number of pyridine rings is 2. The number of aromatic nitrogens is 2. The number of aryl methyl sites for hydroxylation is 3. The maximum absolute atomic E-state index is 8.82. The molecule has 0 atom stereocenters. The molecule has 4 N–H and O–H groups in total. The van der Waals surface area contributed by atoms with Gasteiger partial charge in [0.05, 0.1) is 31.0 Å². The van der Waals surface area contributed by atoms with Gasteiger partial charge in [-0.15, -0.1) is 0 Å². The first-order chi connectivity index (χ1) is 13.4. The summed E-state index contributed by atoms with van der Waals surface area (Å²) in [7, 11) is 0. The summed E-state index contributed by atoms with van der Waals surface area (Å²) >= 11 is 5.74. The number of rotatable bonds is 6. The van der Waals surface area contributed by atoms with E-state index >= 15 is 0 Å². The van der Waals surface area contributed by atoms with Crippen molar-refractivity contribution in [3.05, 3.63) is 51.1 Å². The molecule has 0 aliphatic heterocycles. The van der Waals surface area contributed by atoms with Gasteiger partial charge < -0.3 is 20.8 Å². The molecule has 0 spiro atoms. The topological polar surface area (TPSA) is 118 Å². The van der Waals surface area contributed by atoms with Crippen LogP contribution in [0, 0.1) is 38.7 Å². The van der Waals surface area contributed by atoms with E-state index in [1.165, 1.54) is 0 Å². The van der Waals surface area contributed by atoms with Gasteiger partial charge in [0.2, 0.25) is 5.69 Å². The Bertz CT molecular complexity index is 866. The molecule has 0 aliphatic rings. The predicted molar refractivity (Wildman–Crippen MR) is 110 cm³/mol. The van der Waals surface area contributed by atoms with Crippen molar-refractivity contribution in [3.8, 4) is 6.07 Å². The molecule has 0 fully saturated rings. The fraction of sp³-hybridized carbons (Fsp3) is 0.368. The van der Waals surface area contributed by atoms with E-state index in [4.69, 9.17) is 33.6 Å². The lowest BCUT2D eigenvalue weighted by atomic mass is 10.1. The molecule has 148 valence electrons. The van der Waals surface area contributed by atoms with E-state index in [-0.39, 0.29) is 13.2 Å². The molecule has 0 bridgehead atoms. The minimum atomic E-state index is -0.00925. The number of nitrogens with one attached hydrogen (secondary N) is 2. The molecule has 0 unspecified atom stereocenters. The molecule has 0 amide bonds. The first-order valence-electron chi connectivity index (χ1n) is 8.50. The Morgan fingerprint density at radius 3 is 2.29 bits per heavy atom. The molecule has 0 radical (unpaired) electrons. The summed E-state index contributed by atoms with van der Waals surface area (Å²) in [5.41, 5.74) is 3.47. The number of nitriles is 1. The fourth-order valence-corrected chi connectivity index (χ4v) is 2.59. The van der Waals surface area contributed by atoms with Gasteiger partial charge in [0, 0.05) is 13.1 Å². The van der Waals surface area contributed by atoms with Crippen LogP contribution in [0.25, 0.3) is 4.85 Å². The van der Waals surface area contributed by atoms with Crippen LogP contribution < -0.4 is 10.6 Å². The van der Waals surface area contributed by atoms with Crippen LogP contribution in [-0.4, -0.2) is 46.5 Å². The van der Waals surface area contributed by atoms with Crippen LogP contribution in [-0.2, 0) is 0 Å². The zero-order valence-electron chi connectivity index (χ0n) is 16.0. The van der Waals surface area contributed by atoms with E-state index in [1.54, 1.807) is 26.0 Å². The maximum Gasteiger partial charge on any atom is 0.231 e. The van der Waals surface area contributed by atoms with Crippen molar-refractivity contribution >= 4 is 28.9 Å². The highest BCUT2D eigenvalue weighted by molar-refractivity contribution is 6.29. The van der Waals surface area contributed by atoms with Crippen LogP contribution in [0.2, 0.25) is 5.15 Å². The van der Waals surface area contributed by atoms with Crippen LogP contribution in [0.4, 0.5) is 17.3 Å². The van der Waals surface area contributed by atoms with Crippen molar-refractivity contribution in [1.82, 2.24) is 9.97 Å². The van der Waals surface area contributed by atoms with Gasteiger partial charge in [0.15, 0.2) is 0 Å². The van der Waals surface area contributed by atoms with Crippen LogP contribution in [0.1, 0.15) is 22.4 Å². The Balaban J connectivity index is 0.000000280. The Hall–Kier alpha value is -2.91. The van der Waals surface area contributed by atoms with Crippen LogP contribution in [0.3, 0.4) is 0 Å². The Labute approximate surface area is 169 Å². The average molecular weight is 403 g/mol. The SMILES string of the molecule is Cc1cc(NCCO)nc(C)c1C#N.[C-]#[N+]c1c(C)cc(Cl)nc1NCCO. The van der Waals surface area contributed by atoms with Crippen molar-refractivity contribution in [3.63, 3.8) is 0 Å². The number of anilines is 2. The van der Waals surface area contributed by atoms with Gasteiger partial charge in [0.1, 0.15) is 22.9 Å². The maximum atomic E-state index is 8.82.